The minimum Gasteiger partial charge on any atom is -0.383 e. The van der Waals surface area contributed by atoms with Crippen LogP contribution in [-0.4, -0.2) is 11.5 Å². The topological polar surface area (TPSA) is 48.7 Å². The summed E-state index contributed by atoms with van der Waals surface area (Å²) in [4.78, 5) is 4.03. The molecule has 1 aliphatic rings. The van der Waals surface area contributed by atoms with Crippen LogP contribution in [0.3, 0.4) is 0 Å². The van der Waals surface area contributed by atoms with Crippen LogP contribution in [-0.2, 0) is 0 Å². The predicted octanol–water partition coefficient (Wildman–Crippen LogP) is 3.34. The van der Waals surface area contributed by atoms with E-state index in [4.69, 9.17) is 5.26 Å². The van der Waals surface area contributed by atoms with Crippen LogP contribution in [0.4, 0.5) is 5.69 Å². The molecule has 0 amide bonds. The van der Waals surface area contributed by atoms with E-state index in [1.165, 1.54) is 38.5 Å². The van der Waals surface area contributed by atoms with E-state index in [9.17, 15) is 0 Å². The Morgan fingerprint density at radius 2 is 2.24 bits per heavy atom. The molecule has 1 heterocycles. The first kappa shape index (κ1) is 11.9. The average Bonchev–Trinajstić information content (AvgIpc) is 2.88. The highest BCUT2D eigenvalue weighted by molar-refractivity contribution is 5.53. The Hall–Kier alpha value is -1.56. The highest BCUT2D eigenvalue weighted by Crippen LogP contribution is 2.28. The highest BCUT2D eigenvalue weighted by atomic mass is 14.9. The van der Waals surface area contributed by atoms with Gasteiger partial charge in [0.15, 0.2) is 5.69 Å². The highest BCUT2D eigenvalue weighted by Gasteiger charge is 2.13. The molecule has 1 aromatic rings. The van der Waals surface area contributed by atoms with Crippen LogP contribution >= 0.6 is 0 Å². The van der Waals surface area contributed by atoms with Gasteiger partial charge in [-0.05, 0) is 30.9 Å². The van der Waals surface area contributed by atoms with Crippen LogP contribution in [0, 0.1) is 17.2 Å². The fourth-order valence-corrected chi connectivity index (χ4v) is 2.55. The van der Waals surface area contributed by atoms with E-state index >= 15 is 0 Å². The van der Waals surface area contributed by atoms with Crippen molar-refractivity contribution in [2.45, 2.75) is 38.5 Å². The van der Waals surface area contributed by atoms with Gasteiger partial charge in [0.05, 0.1) is 5.69 Å². The van der Waals surface area contributed by atoms with E-state index in [1.54, 1.807) is 6.20 Å². The molecule has 1 fully saturated rings. The van der Waals surface area contributed by atoms with Crippen molar-refractivity contribution in [2.24, 2.45) is 5.92 Å². The summed E-state index contributed by atoms with van der Waals surface area (Å²) < 4.78 is 0. The summed E-state index contributed by atoms with van der Waals surface area (Å²) in [6, 6.07) is 5.88. The van der Waals surface area contributed by atoms with Gasteiger partial charge in [0.1, 0.15) is 6.07 Å². The summed E-state index contributed by atoms with van der Waals surface area (Å²) in [5.41, 5.74) is 1.36. The summed E-state index contributed by atoms with van der Waals surface area (Å²) in [6.45, 7) is 0.941. The zero-order valence-electron chi connectivity index (χ0n) is 10.2. The molecule has 0 saturated heterocycles. The number of nitriles is 1. The monoisotopic (exact) mass is 229 g/mol. The molecule has 0 unspecified atom stereocenters. The fourth-order valence-electron chi connectivity index (χ4n) is 2.55. The first-order chi connectivity index (χ1) is 8.40. The Morgan fingerprint density at radius 3 is 3.00 bits per heavy atom. The van der Waals surface area contributed by atoms with Gasteiger partial charge in [0, 0.05) is 12.7 Å². The number of rotatable bonds is 5. The minimum atomic E-state index is 0.494. The first-order valence-electron chi connectivity index (χ1n) is 6.49. The smallest absolute Gasteiger partial charge is 0.163 e. The molecule has 17 heavy (non-hydrogen) atoms. The van der Waals surface area contributed by atoms with Crippen LogP contribution in [0.1, 0.15) is 44.2 Å². The van der Waals surface area contributed by atoms with Gasteiger partial charge >= 0.3 is 0 Å². The number of nitrogens with one attached hydrogen (secondary N) is 1. The van der Waals surface area contributed by atoms with Crippen LogP contribution in [0.5, 0.6) is 0 Å². The van der Waals surface area contributed by atoms with E-state index < -0.39 is 0 Å². The van der Waals surface area contributed by atoms with E-state index in [0.29, 0.717) is 5.69 Å². The largest absolute Gasteiger partial charge is 0.383 e. The Labute approximate surface area is 103 Å². The maximum absolute atomic E-state index is 8.90. The fraction of sp³-hybridized carbons (Fsp3) is 0.571. The molecule has 3 heteroatoms. The number of aromatic nitrogens is 1. The third-order valence-corrected chi connectivity index (χ3v) is 3.49. The van der Waals surface area contributed by atoms with Gasteiger partial charge in [0.2, 0.25) is 0 Å². The van der Waals surface area contributed by atoms with Gasteiger partial charge in [-0.2, -0.15) is 5.26 Å². The molecule has 2 rings (SSSR count). The summed E-state index contributed by atoms with van der Waals surface area (Å²) in [6.07, 6.45) is 9.81. The maximum atomic E-state index is 8.90. The lowest BCUT2D eigenvalue weighted by atomic mass is 10.0. The second kappa shape index (κ2) is 6.24. The van der Waals surface area contributed by atoms with Gasteiger partial charge in [-0.25, -0.2) is 4.98 Å². The van der Waals surface area contributed by atoms with E-state index in [-0.39, 0.29) is 0 Å². The van der Waals surface area contributed by atoms with Crippen LogP contribution in [0.25, 0.3) is 0 Å². The second-order valence-electron chi connectivity index (χ2n) is 4.73. The van der Waals surface area contributed by atoms with Crippen molar-refractivity contribution in [3.05, 3.63) is 24.0 Å². The first-order valence-corrected chi connectivity index (χ1v) is 6.49. The van der Waals surface area contributed by atoms with Crippen molar-refractivity contribution in [1.29, 1.82) is 5.26 Å². The van der Waals surface area contributed by atoms with Crippen LogP contribution < -0.4 is 5.32 Å². The quantitative estimate of drug-likeness (QED) is 0.788. The molecule has 1 aromatic heterocycles. The number of anilines is 1. The molecule has 1 aliphatic carbocycles. The van der Waals surface area contributed by atoms with Crippen molar-refractivity contribution in [2.75, 3.05) is 11.9 Å². The summed E-state index contributed by atoms with van der Waals surface area (Å²) in [5, 5.41) is 12.2. The molecular weight excluding hydrogens is 210 g/mol. The zero-order chi connectivity index (χ0) is 11.9. The maximum Gasteiger partial charge on any atom is 0.163 e. The van der Waals surface area contributed by atoms with Crippen molar-refractivity contribution in [3.8, 4) is 6.07 Å². The molecule has 0 bridgehead atoms. The van der Waals surface area contributed by atoms with Crippen LogP contribution in [0.2, 0.25) is 0 Å². The molecule has 90 valence electrons. The zero-order valence-corrected chi connectivity index (χ0v) is 10.2. The van der Waals surface area contributed by atoms with Gasteiger partial charge in [0.25, 0.3) is 0 Å². The SMILES string of the molecule is N#Cc1ncccc1NCCCC1CCCC1. The summed E-state index contributed by atoms with van der Waals surface area (Å²) >= 11 is 0. The van der Waals surface area contributed by atoms with E-state index in [2.05, 4.69) is 16.4 Å². The Bertz CT molecular complexity index is 389. The second-order valence-corrected chi connectivity index (χ2v) is 4.73. The third-order valence-electron chi connectivity index (χ3n) is 3.49. The van der Waals surface area contributed by atoms with Gasteiger partial charge in [-0.1, -0.05) is 25.7 Å². The summed E-state index contributed by atoms with van der Waals surface area (Å²) in [7, 11) is 0. The van der Waals surface area contributed by atoms with Crippen LogP contribution in [0.15, 0.2) is 18.3 Å². The normalized spacial score (nSPS) is 15.7. The van der Waals surface area contributed by atoms with Crippen molar-refractivity contribution in [1.82, 2.24) is 4.98 Å². The minimum absolute atomic E-state index is 0.494. The molecule has 0 spiro atoms. The number of pyridine rings is 1. The van der Waals surface area contributed by atoms with E-state index in [0.717, 1.165) is 18.2 Å². The summed E-state index contributed by atoms with van der Waals surface area (Å²) in [5.74, 6) is 0.945. The molecular formula is C14H19N3. The average molecular weight is 229 g/mol. The molecule has 0 atom stereocenters. The molecule has 0 aliphatic heterocycles. The lowest BCUT2D eigenvalue weighted by molar-refractivity contribution is 0.491. The van der Waals surface area contributed by atoms with Crippen molar-refractivity contribution < 1.29 is 0 Å². The Kier molecular flexibility index (Phi) is 4.37. The standard InChI is InChI=1S/C14H19N3/c15-11-14-13(8-4-10-17-14)16-9-3-7-12-5-1-2-6-12/h4,8,10,12,16H,1-3,5-7,9H2. The molecule has 0 radical (unpaired) electrons. The van der Waals surface area contributed by atoms with Crippen molar-refractivity contribution >= 4 is 5.69 Å². The number of hydrogen-bond acceptors (Lipinski definition) is 3. The van der Waals surface area contributed by atoms with Gasteiger partial charge < -0.3 is 5.32 Å². The number of nitrogens with zero attached hydrogens (tertiary/aromatic N) is 2. The number of hydrogen-bond donors (Lipinski definition) is 1. The van der Waals surface area contributed by atoms with Crippen molar-refractivity contribution in [3.63, 3.8) is 0 Å². The Morgan fingerprint density at radius 1 is 1.41 bits per heavy atom. The molecule has 3 nitrogen and oxygen atoms in total. The molecule has 1 N–H and O–H groups in total. The Balaban J connectivity index is 1.72. The third kappa shape index (κ3) is 3.45. The van der Waals surface area contributed by atoms with E-state index in [1.807, 2.05) is 12.1 Å². The predicted molar refractivity (Wildman–Crippen MR) is 68.6 cm³/mol. The molecule has 1 saturated carbocycles. The van der Waals surface area contributed by atoms with Gasteiger partial charge in [-0.3, -0.25) is 0 Å². The lowest BCUT2D eigenvalue weighted by Crippen LogP contribution is -2.06. The van der Waals surface area contributed by atoms with Gasteiger partial charge in [-0.15, -0.1) is 0 Å². The lowest BCUT2D eigenvalue weighted by Gasteiger charge is -2.10. The molecule has 0 aromatic carbocycles.